The summed E-state index contributed by atoms with van der Waals surface area (Å²) in [5.41, 5.74) is 1.30. The number of rotatable bonds is 6. The fourth-order valence-electron chi connectivity index (χ4n) is 2.35. The predicted octanol–water partition coefficient (Wildman–Crippen LogP) is 3.28. The molecule has 1 N–H and O–H groups in total. The van der Waals surface area contributed by atoms with Gasteiger partial charge in [0.1, 0.15) is 11.4 Å². The summed E-state index contributed by atoms with van der Waals surface area (Å²) in [6.07, 6.45) is 4.24. The number of ether oxygens (including phenoxy) is 1. The van der Waals surface area contributed by atoms with Crippen LogP contribution in [0.1, 0.15) is 11.7 Å². The van der Waals surface area contributed by atoms with Crippen LogP contribution in [0.15, 0.2) is 61.1 Å². The third-order valence-electron chi connectivity index (χ3n) is 3.47. The smallest absolute Gasteiger partial charge is 0.387 e. The first-order chi connectivity index (χ1) is 11.6. The van der Waals surface area contributed by atoms with Crippen molar-refractivity contribution in [3.63, 3.8) is 0 Å². The molecule has 0 aliphatic heterocycles. The number of aliphatic hydroxyl groups excluding tert-OH is 1. The Hall–Kier alpha value is -2.80. The lowest BCUT2D eigenvalue weighted by Crippen LogP contribution is -2.10. The van der Waals surface area contributed by atoms with Gasteiger partial charge in [0.05, 0.1) is 12.6 Å². The van der Waals surface area contributed by atoms with Gasteiger partial charge in [0, 0.05) is 18.6 Å². The van der Waals surface area contributed by atoms with E-state index in [0.717, 1.165) is 0 Å². The van der Waals surface area contributed by atoms with Crippen LogP contribution in [0.5, 0.6) is 5.75 Å². The molecule has 2 aromatic heterocycles. The molecule has 0 fully saturated rings. The average molecular weight is 331 g/mol. The van der Waals surface area contributed by atoms with Gasteiger partial charge in [0.25, 0.3) is 0 Å². The van der Waals surface area contributed by atoms with E-state index in [4.69, 9.17) is 0 Å². The molecule has 1 aromatic carbocycles. The van der Waals surface area contributed by atoms with E-state index in [1.165, 1.54) is 12.1 Å². The molecule has 3 aromatic rings. The van der Waals surface area contributed by atoms with Gasteiger partial charge in [-0.3, -0.25) is 4.98 Å². The Balaban J connectivity index is 1.74. The van der Waals surface area contributed by atoms with E-state index in [9.17, 15) is 13.9 Å². The SMILES string of the molecule is OC(Cn1ccnc1-c1ccccn1)c1ccc(OC(F)F)cc1. The van der Waals surface area contributed by atoms with Crippen molar-refractivity contribution >= 4 is 0 Å². The zero-order valence-corrected chi connectivity index (χ0v) is 12.6. The van der Waals surface area contributed by atoms with Gasteiger partial charge in [0.15, 0.2) is 5.82 Å². The first kappa shape index (κ1) is 16.1. The van der Waals surface area contributed by atoms with Crippen LogP contribution in [-0.2, 0) is 6.54 Å². The molecule has 5 nitrogen and oxygen atoms in total. The van der Waals surface area contributed by atoms with Crippen molar-refractivity contribution < 1.29 is 18.6 Å². The lowest BCUT2D eigenvalue weighted by atomic mass is 10.1. The van der Waals surface area contributed by atoms with Crippen LogP contribution in [0.3, 0.4) is 0 Å². The molecule has 0 saturated carbocycles. The van der Waals surface area contributed by atoms with Gasteiger partial charge in [-0.15, -0.1) is 0 Å². The first-order valence-electron chi connectivity index (χ1n) is 7.29. The van der Waals surface area contributed by atoms with E-state index in [0.29, 0.717) is 17.1 Å². The van der Waals surface area contributed by atoms with Crippen molar-refractivity contribution in [2.24, 2.45) is 0 Å². The van der Waals surface area contributed by atoms with Crippen molar-refractivity contribution in [3.05, 3.63) is 66.6 Å². The van der Waals surface area contributed by atoms with Crippen LogP contribution in [0.4, 0.5) is 8.78 Å². The molecule has 3 rings (SSSR count). The average Bonchev–Trinajstić information content (AvgIpc) is 3.04. The van der Waals surface area contributed by atoms with Gasteiger partial charge in [-0.1, -0.05) is 18.2 Å². The van der Waals surface area contributed by atoms with E-state index in [2.05, 4.69) is 14.7 Å². The largest absolute Gasteiger partial charge is 0.435 e. The summed E-state index contributed by atoms with van der Waals surface area (Å²) in [4.78, 5) is 8.51. The fraction of sp³-hybridized carbons (Fsp3) is 0.176. The topological polar surface area (TPSA) is 60.2 Å². The van der Waals surface area contributed by atoms with Gasteiger partial charge in [-0.25, -0.2) is 4.98 Å². The Kier molecular flexibility index (Phi) is 4.81. The molecule has 1 unspecified atom stereocenters. The molecule has 24 heavy (non-hydrogen) atoms. The van der Waals surface area contributed by atoms with Gasteiger partial charge in [-0.2, -0.15) is 8.78 Å². The number of alkyl halides is 2. The number of pyridine rings is 1. The second kappa shape index (κ2) is 7.18. The number of halogens is 2. The maximum Gasteiger partial charge on any atom is 0.387 e. The van der Waals surface area contributed by atoms with Crippen molar-refractivity contribution in [3.8, 4) is 17.3 Å². The summed E-state index contributed by atoms with van der Waals surface area (Å²) in [5, 5.41) is 10.4. The van der Waals surface area contributed by atoms with Crippen LogP contribution >= 0.6 is 0 Å². The maximum absolute atomic E-state index is 12.1. The molecule has 0 aliphatic carbocycles. The fourth-order valence-corrected chi connectivity index (χ4v) is 2.35. The summed E-state index contributed by atoms with van der Waals surface area (Å²) in [5.74, 6) is 0.699. The Morgan fingerprint density at radius 3 is 2.50 bits per heavy atom. The first-order valence-corrected chi connectivity index (χ1v) is 7.29. The van der Waals surface area contributed by atoms with Crippen molar-refractivity contribution in [1.82, 2.24) is 14.5 Å². The second-order valence-electron chi connectivity index (χ2n) is 5.08. The molecule has 0 bridgehead atoms. The molecule has 0 saturated heterocycles. The Labute approximate surface area is 137 Å². The normalized spacial score (nSPS) is 12.3. The highest BCUT2D eigenvalue weighted by molar-refractivity contribution is 5.49. The lowest BCUT2D eigenvalue weighted by Gasteiger charge is -2.14. The minimum absolute atomic E-state index is 0.0535. The molecular weight excluding hydrogens is 316 g/mol. The monoisotopic (exact) mass is 331 g/mol. The van der Waals surface area contributed by atoms with E-state index in [-0.39, 0.29) is 12.3 Å². The number of nitrogens with zero attached hydrogens (tertiary/aromatic N) is 3. The summed E-state index contributed by atoms with van der Waals surface area (Å²) in [6, 6.07) is 11.4. The van der Waals surface area contributed by atoms with Gasteiger partial charge < -0.3 is 14.4 Å². The number of aromatic nitrogens is 3. The predicted molar refractivity (Wildman–Crippen MR) is 83.5 cm³/mol. The third-order valence-corrected chi connectivity index (χ3v) is 3.47. The minimum atomic E-state index is -2.87. The van der Waals surface area contributed by atoms with Crippen LogP contribution < -0.4 is 4.74 Å². The number of hydrogen-bond donors (Lipinski definition) is 1. The van der Waals surface area contributed by atoms with Crippen molar-refractivity contribution in [2.75, 3.05) is 0 Å². The molecule has 1 atom stereocenters. The number of benzene rings is 1. The quantitative estimate of drug-likeness (QED) is 0.753. The Bertz CT molecular complexity index is 776. The van der Waals surface area contributed by atoms with Crippen LogP contribution in [0, 0.1) is 0 Å². The molecular formula is C17H15F2N3O2. The maximum atomic E-state index is 12.1. The minimum Gasteiger partial charge on any atom is -0.435 e. The lowest BCUT2D eigenvalue weighted by molar-refractivity contribution is -0.0498. The zero-order valence-electron chi connectivity index (χ0n) is 12.6. The highest BCUT2D eigenvalue weighted by Crippen LogP contribution is 2.22. The van der Waals surface area contributed by atoms with E-state index >= 15 is 0 Å². The number of aliphatic hydroxyl groups is 1. The molecule has 7 heteroatoms. The standard InChI is InChI=1S/C17H15F2N3O2/c18-17(19)24-13-6-4-12(5-7-13)15(23)11-22-10-9-21-16(22)14-3-1-2-8-20-14/h1-10,15,17,23H,11H2. The summed E-state index contributed by atoms with van der Waals surface area (Å²) < 4.78 is 30.4. The zero-order chi connectivity index (χ0) is 16.9. The van der Waals surface area contributed by atoms with Crippen molar-refractivity contribution in [2.45, 2.75) is 19.3 Å². The van der Waals surface area contributed by atoms with E-state index < -0.39 is 12.7 Å². The molecule has 0 aliphatic rings. The summed E-state index contributed by atoms with van der Waals surface area (Å²) in [6.45, 7) is -2.60. The molecule has 124 valence electrons. The van der Waals surface area contributed by atoms with Crippen LogP contribution in [0.25, 0.3) is 11.5 Å². The Morgan fingerprint density at radius 1 is 1.04 bits per heavy atom. The van der Waals surface area contributed by atoms with Crippen LogP contribution in [0.2, 0.25) is 0 Å². The van der Waals surface area contributed by atoms with E-state index in [1.807, 2.05) is 18.2 Å². The Morgan fingerprint density at radius 2 is 1.83 bits per heavy atom. The van der Waals surface area contributed by atoms with Gasteiger partial charge in [-0.05, 0) is 29.8 Å². The molecule has 0 spiro atoms. The highest BCUT2D eigenvalue weighted by atomic mass is 19.3. The molecule has 0 radical (unpaired) electrons. The summed E-state index contributed by atoms with van der Waals surface area (Å²) in [7, 11) is 0. The number of imidazole rings is 1. The van der Waals surface area contributed by atoms with Crippen molar-refractivity contribution in [1.29, 1.82) is 0 Å². The molecule has 0 amide bonds. The second-order valence-corrected chi connectivity index (χ2v) is 5.08. The van der Waals surface area contributed by atoms with Crippen LogP contribution in [-0.4, -0.2) is 26.3 Å². The van der Waals surface area contributed by atoms with Gasteiger partial charge >= 0.3 is 6.61 Å². The third kappa shape index (κ3) is 3.75. The van der Waals surface area contributed by atoms with E-state index in [1.54, 1.807) is 35.3 Å². The molecule has 2 heterocycles. The summed E-state index contributed by atoms with van der Waals surface area (Å²) >= 11 is 0. The van der Waals surface area contributed by atoms with Gasteiger partial charge in [0.2, 0.25) is 0 Å². The number of hydrogen-bond acceptors (Lipinski definition) is 4. The highest BCUT2D eigenvalue weighted by Gasteiger charge is 2.13.